The molecule has 0 N–H and O–H groups in total. The van der Waals surface area contributed by atoms with Crippen LogP contribution in [-0.2, 0) is 0 Å². The monoisotopic (exact) mass is 282 g/mol. The highest BCUT2D eigenvalue weighted by atomic mass is 79.9. The molecule has 0 saturated carbocycles. The molecule has 2 heterocycles. The minimum Gasteiger partial charge on any atom is -0.370 e. The number of pyridine rings is 1. The summed E-state index contributed by atoms with van der Waals surface area (Å²) in [7, 11) is 0. The van der Waals surface area contributed by atoms with Crippen molar-refractivity contribution in [2.75, 3.05) is 18.0 Å². The fourth-order valence-corrected chi connectivity index (χ4v) is 2.63. The third-order valence-corrected chi connectivity index (χ3v) is 3.90. The van der Waals surface area contributed by atoms with Crippen LogP contribution in [0.1, 0.15) is 27.2 Å². The summed E-state index contributed by atoms with van der Waals surface area (Å²) >= 11 is 3.47. The molecular weight excluding hydrogens is 264 g/mol. The summed E-state index contributed by atoms with van der Waals surface area (Å²) in [6, 6.07) is 2.15. The van der Waals surface area contributed by atoms with Crippen LogP contribution in [0.15, 0.2) is 22.9 Å². The molecule has 88 valence electrons. The van der Waals surface area contributed by atoms with E-state index in [4.69, 9.17) is 0 Å². The third kappa shape index (κ3) is 2.57. The summed E-state index contributed by atoms with van der Waals surface area (Å²) in [6.07, 6.45) is 5.08. The second-order valence-electron chi connectivity index (χ2n) is 5.66. The Labute approximate surface area is 106 Å². The Kier molecular flexibility index (Phi) is 3.24. The number of hydrogen-bond acceptors (Lipinski definition) is 2. The summed E-state index contributed by atoms with van der Waals surface area (Å²) in [5.74, 6) is 0.784. The number of hydrogen-bond donors (Lipinski definition) is 0. The Morgan fingerprint density at radius 3 is 2.69 bits per heavy atom. The second kappa shape index (κ2) is 4.36. The lowest BCUT2D eigenvalue weighted by molar-refractivity contribution is 0.263. The van der Waals surface area contributed by atoms with Crippen LogP contribution in [0, 0.1) is 11.3 Å². The molecule has 1 fully saturated rings. The van der Waals surface area contributed by atoms with Crippen molar-refractivity contribution in [1.82, 2.24) is 4.98 Å². The van der Waals surface area contributed by atoms with Gasteiger partial charge in [0.2, 0.25) is 0 Å². The fourth-order valence-electron chi connectivity index (χ4n) is 2.28. The molecule has 0 aliphatic carbocycles. The molecule has 0 spiro atoms. The minimum absolute atomic E-state index is 0.411. The zero-order chi connectivity index (χ0) is 11.8. The molecule has 2 rings (SSSR count). The van der Waals surface area contributed by atoms with Crippen molar-refractivity contribution in [1.29, 1.82) is 0 Å². The van der Waals surface area contributed by atoms with Gasteiger partial charge in [-0.3, -0.25) is 4.98 Å². The standard InChI is InChI=1S/C13H19BrN2/c1-13(2,3)10-4-5-16(9-10)12-6-11(14)7-15-8-12/h6-8,10H,4-5,9H2,1-3H3. The minimum atomic E-state index is 0.411. The van der Waals surface area contributed by atoms with E-state index in [0.29, 0.717) is 5.41 Å². The molecule has 1 unspecified atom stereocenters. The molecule has 0 bridgehead atoms. The Bertz CT molecular complexity index is 370. The van der Waals surface area contributed by atoms with Gasteiger partial charge in [0.25, 0.3) is 0 Å². The van der Waals surface area contributed by atoms with E-state index in [0.717, 1.165) is 23.5 Å². The number of aromatic nitrogens is 1. The zero-order valence-corrected chi connectivity index (χ0v) is 11.8. The first-order valence-electron chi connectivity index (χ1n) is 5.82. The van der Waals surface area contributed by atoms with Crippen molar-refractivity contribution >= 4 is 21.6 Å². The van der Waals surface area contributed by atoms with Gasteiger partial charge >= 0.3 is 0 Å². The molecule has 16 heavy (non-hydrogen) atoms. The van der Waals surface area contributed by atoms with Crippen molar-refractivity contribution in [3.05, 3.63) is 22.9 Å². The smallest absolute Gasteiger partial charge is 0.0564 e. The van der Waals surface area contributed by atoms with Crippen LogP contribution in [0.4, 0.5) is 5.69 Å². The van der Waals surface area contributed by atoms with Crippen molar-refractivity contribution in [3.8, 4) is 0 Å². The van der Waals surface area contributed by atoms with E-state index in [1.165, 1.54) is 12.1 Å². The summed E-state index contributed by atoms with van der Waals surface area (Å²) < 4.78 is 1.06. The van der Waals surface area contributed by atoms with Crippen LogP contribution in [0.25, 0.3) is 0 Å². The molecule has 0 amide bonds. The largest absolute Gasteiger partial charge is 0.370 e. The third-order valence-electron chi connectivity index (χ3n) is 3.47. The lowest BCUT2D eigenvalue weighted by atomic mass is 9.80. The molecule has 0 aromatic carbocycles. The molecular formula is C13H19BrN2. The SMILES string of the molecule is CC(C)(C)C1CCN(c2cncc(Br)c2)C1. The van der Waals surface area contributed by atoms with Gasteiger partial charge in [0.15, 0.2) is 0 Å². The van der Waals surface area contributed by atoms with Gasteiger partial charge in [-0.2, -0.15) is 0 Å². The predicted molar refractivity (Wildman–Crippen MR) is 71.7 cm³/mol. The van der Waals surface area contributed by atoms with E-state index >= 15 is 0 Å². The van der Waals surface area contributed by atoms with Gasteiger partial charge in [0.05, 0.1) is 11.9 Å². The van der Waals surface area contributed by atoms with Crippen molar-refractivity contribution in [3.63, 3.8) is 0 Å². The summed E-state index contributed by atoms with van der Waals surface area (Å²) in [4.78, 5) is 6.67. The van der Waals surface area contributed by atoms with E-state index in [9.17, 15) is 0 Å². The van der Waals surface area contributed by atoms with Crippen LogP contribution >= 0.6 is 15.9 Å². The van der Waals surface area contributed by atoms with Gasteiger partial charge in [0, 0.05) is 23.8 Å². The van der Waals surface area contributed by atoms with E-state index in [2.05, 4.69) is 52.7 Å². The van der Waals surface area contributed by atoms with Gasteiger partial charge in [-0.15, -0.1) is 0 Å². The molecule has 1 aromatic heterocycles. The first-order valence-corrected chi connectivity index (χ1v) is 6.61. The number of nitrogens with zero attached hydrogens (tertiary/aromatic N) is 2. The second-order valence-corrected chi connectivity index (χ2v) is 6.57. The molecule has 1 aliphatic rings. The van der Waals surface area contributed by atoms with Gasteiger partial charge in [0.1, 0.15) is 0 Å². The van der Waals surface area contributed by atoms with E-state index < -0.39 is 0 Å². The molecule has 1 aromatic rings. The highest BCUT2D eigenvalue weighted by Crippen LogP contribution is 2.35. The molecule has 1 atom stereocenters. The van der Waals surface area contributed by atoms with Crippen molar-refractivity contribution in [2.45, 2.75) is 27.2 Å². The zero-order valence-electron chi connectivity index (χ0n) is 10.2. The average Bonchev–Trinajstić information content (AvgIpc) is 2.65. The van der Waals surface area contributed by atoms with Crippen molar-refractivity contribution in [2.24, 2.45) is 11.3 Å². The quantitative estimate of drug-likeness (QED) is 0.781. The van der Waals surface area contributed by atoms with Gasteiger partial charge in [-0.05, 0) is 39.8 Å². The van der Waals surface area contributed by atoms with E-state index in [-0.39, 0.29) is 0 Å². The molecule has 1 aliphatic heterocycles. The molecule has 1 saturated heterocycles. The lowest BCUT2D eigenvalue weighted by Crippen LogP contribution is -2.25. The van der Waals surface area contributed by atoms with Crippen LogP contribution in [0.3, 0.4) is 0 Å². The summed E-state index contributed by atoms with van der Waals surface area (Å²) in [5, 5.41) is 0. The first-order chi connectivity index (χ1) is 7.47. The Morgan fingerprint density at radius 1 is 1.38 bits per heavy atom. The average molecular weight is 283 g/mol. The molecule has 3 heteroatoms. The Balaban J connectivity index is 2.09. The summed E-state index contributed by atoms with van der Waals surface area (Å²) in [6.45, 7) is 9.31. The Hall–Kier alpha value is -0.570. The van der Waals surface area contributed by atoms with Gasteiger partial charge in [-0.1, -0.05) is 20.8 Å². The predicted octanol–water partition coefficient (Wildman–Crippen LogP) is 3.72. The molecule has 0 radical (unpaired) electrons. The van der Waals surface area contributed by atoms with Crippen LogP contribution in [-0.4, -0.2) is 18.1 Å². The van der Waals surface area contributed by atoms with Crippen LogP contribution in [0.2, 0.25) is 0 Å². The van der Waals surface area contributed by atoms with Gasteiger partial charge in [-0.25, -0.2) is 0 Å². The summed E-state index contributed by atoms with van der Waals surface area (Å²) in [5.41, 5.74) is 1.65. The highest BCUT2D eigenvalue weighted by Gasteiger charge is 2.31. The number of halogens is 1. The fraction of sp³-hybridized carbons (Fsp3) is 0.615. The molecule has 2 nitrogen and oxygen atoms in total. The number of anilines is 1. The highest BCUT2D eigenvalue weighted by molar-refractivity contribution is 9.10. The maximum absolute atomic E-state index is 4.23. The Morgan fingerprint density at radius 2 is 2.12 bits per heavy atom. The maximum atomic E-state index is 4.23. The van der Waals surface area contributed by atoms with Gasteiger partial charge < -0.3 is 4.90 Å². The van der Waals surface area contributed by atoms with Crippen LogP contribution < -0.4 is 4.90 Å². The van der Waals surface area contributed by atoms with E-state index in [1.54, 1.807) is 0 Å². The maximum Gasteiger partial charge on any atom is 0.0564 e. The van der Waals surface area contributed by atoms with Crippen molar-refractivity contribution < 1.29 is 0 Å². The first kappa shape index (κ1) is 11.9. The lowest BCUT2D eigenvalue weighted by Gasteiger charge is -2.27. The van der Waals surface area contributed by atoms with E-state index in [1.807, 2.05) is 12.4 Å². The topological polar surface area (TPSA) is 16.1 Å². The van der Waals surface area contributed by atoms with Crippen LogP contribution in [0.5, 0.6) is 0 Å². The normalized spacial score (nSPS) is 21.5. The number of rotatable bonds is 1.